The summed E-state index contributed by atoms with van der Waals surface area (Å²) in [6, 6.07) is 8.48. The van der Waals surface area contributed by atoms with Gasteiger partial charge in [-0.25, -0.2) is 0 Å². The van der Waals surface area contributed by atoms with Gasteiger partial charge in [0.25, 0.3) is 0 Å². The minimum absolute atomic E-state index is 0.159. The molecule has 1 aromatic heterocycles. The fourth-order valence-electron chi connectivity index (χ4n) is 3.63. The Balaban J connectivity index is 1.62. The van der Waals surface area contributed by atoms with Crippen molar-refractivity contribution in [2.75, 3.05) is 0 Å². The molecule has 0 fully saturated rings. The average molecular weight is 281 g/mol. The van der Waals surface area contributed by atoms with E-state index in [0.29, 0.717) is 5.92 Å². The summed E-state index contributed by atoms with van der Waals surface area (Å²) in [7, 11) is 0. The van der Waals surface area contributed by atoms with Crippen LogP contribution < -0.4 is 0 Å². The molecule has 0 saturated heterocycles. The van der Waals surface area contributed by atoms with E-state index in [1.165, 1.54) is 5.56 Å². The second-order valence-electron chi connectivity index (χ2n) is 6.01. The van der Waals surface area contributed by atoms with Crippen LogP contribution in [0.5, 0.6) is 0 Å². The molecule has 1 aliphatic carbocycles. The third-order valence-corrected chi connectivity index (χ3v) is 4.79. The maximum absolute atomic E-state index is 10.6. The molecule has 1 aliphatic heterocycles. The summed E-state index contributed by atoms with van der Waals surface area (Å²) in [4.78, 5) is 0. The summed E-state index contributed by atoms with van der Waals surface area (Å²) in [5.74, 6) is 1.30. The number of rotatable bonds is 3. The number of allylic oxidation sites excluding steroid dienone is 2. The molecule has 0 saturated carbocycles. The first-order chi connectivity index (χ1) is 10.3. The molecular weight excluding hydrogens is 262 g/mol. The SMILES string of the molecule is OC(CC1c2ccccc2-c2nncn21)C1CC=CCC1. The van der Waals surface area contributed by atoms with Gasteiger partial charge in [-0.05, 0) is 37.2 Å². The highest BCUT2D eigenvalue weighted by Crippen LogP contribution is 2.41. The van der Waals surface area contributed by atoms with E-state index in [-0.39, 0.29) is 12.1 Å². The summed E-state index contributed by atoms with van der Waals surface area (Å²) in [6.45, 7) is 0. The highest BCUT2D eigenvalue weighted by molar-refractivity contribution is 5.65. The molecule has 4 heteroatoms. The third kappa shape index (κ3) is 2.10. The van der Waals surface area contributed by atoms with Gasteiger partial charge in [-0.2, -0.15) is 0 Å². The molecule has 3 unspecified atom stereocenters. The van der Waals surface area contributed by atoms with Crippen LogP contribution in [0.3, 0.4) is 0 Å². The Morgan fingerprint density at radius 2 is 2.19 bits per heavy atom. The van der Waals surface area contributed by atoms with E-state index in [9.17, 15) is 5.11 Å². The fourth-order valence-corrected chi connectivity index (χ4v) is 3.63. The first-order valence-electron chi connectivity index (χ1n) is 7.66. The monoisotopic (exact) mass is 281 g/mol. The van der Waals surface area contributed by atoms with Crippen LogP contribution in [-0.4, -0.2) is 26.0 Å². The first kappa shape index (κ1) is 12.8. The van der Waals surface area contributed by atoms with Crippen molar-refractivity contribution in [1.82, 2.24) is 14.8 Å². The number of fused-ring (bicyclic) bond motifs is 3. The van der Waals surface area contributed by atoms with Gasteiger partial charge in [-0.15, -0.1) is 10.2 Å². The molecule has 2 aliphatic rings. The van der Waals surface area contributed by atoms with E-state index in [1.807, 2.05) is 6.07 Å². The third-order valence-electron chi connectivity index (χ3n) is 4.79. The van der Waals surface area contributed by atoms with Crippen LogP contribution in [0.15, 0.2) is 42.7 Å². The summed E-state index contributed by atoms with van der Waals surface area (Å²) in [5.41, 5.74) is 2.41. The lowest BCUT2D eigenvalue weighted by Crippen LogP contribution is -2.25. The van der Waals surface area contributed by atoms with Gasteiger partial charge in [0.05, 0.1) is 12.1 Å². The van der Waals surface area contributed by atoms with E-state index in [4.69, 9.17) is 0 Å². The zero-order valence-electron chi connectivity index (χ0n) is 11.9. The Morgan fingerprint density at radius 3 is 3.05 bits per heavy atom. The molecule has 21 heavy (non-hydrogen) atoms. The minimum Gasteiger partial charge on any atom is -0.393 e. The zero-order valence-corrected chi connectivity index (χ0v) is 11.9. The zero-order chi connectivity index (χ0) is 14.2. The lowest BCUT2D eigenvalue weighted by atomic mass is 9.85. The molecule has 3 atom stereocenters. The molecule has 0 amide bonds. The number of aliphatic hydroxyl groups is 1. The van der Waals surface area contributed by atoms with E-state index in [1.54, 1.807) is 6.33 Å². The van der Waals surface area contributed by atoms with Gasteiger partial charge in [0.1, 0.15) is 6.33 Å². The molecule has 2 heterocycles. The van der Waals surface area contributed by atoms with Crippen LogP contribution >= 0.6 is 0 Å². The first-order valence-corrected chi connectivity index (χ1v) is 7.66. The molecule has 108 valence electrons. The van der Waals surface area contributed by atoms with Gasteiger partial charge in [0, 0.05) is 5.56 Å². The van der Waals surface area contributed by atoms with E-state index >= 15 is 0 Å². The van der Waals surface area contributed by atoms with Crippen molar-refractivity contribution in [3.8, 4) is 11.4 Å². The number of hydrogen-bond acceptors (Lipinski definition) is 3. The summed E-state index contributed by atoms with van der Waals surface area (Å²) < 4.78 is 2.10. The number of benzene rings is 1. The topological polar surface area (TPSA) is 50.9 Å². The molecule has 2 aromatic rings. The van der Waals surface area contributed by atoms with Crippen LogP contribution in [0, 0.1) is 5.92 Å². The Hall–Kier alpha value is -1.94. The second kappa shape index (κ2) is 5.11. The molecule has 1 aromatic carbocycles. The molecule has 4 nitrogen and oxygen atoms in total. The predicted molar refractivity (Wildman–Crippen MR) is 80.7 cm³/mol. The second-order valence-corrected chi connectivity index (χ2v) is 6.01. The Morgan fingerprint density at radius 1 is 1.29 bits per heavy atom. The lowest BCUT2D eigenvalue weighted by Gasteiger charge is -2.26. The minimum atomic E-state index is -0.277. The predicted octanol–water partition coefficient (Wildman–Crippen LogP) is 2.96. The van der Waals surface area contributed by atoms with Crippen LogP contribution in [0.25, 0.3) is 11.4 Å². The average Bonchev–Trinajstić information content (AvgIpc) is 3.11. The van der Waals surface area contributed by atoms with Crippen LogP contribution in [-0.2, 0) is 0 Å². The van der Waals surface area contributed by atoms with Crippen molar-refractivity contribution in [2.24, 2.45) is 5.92 Å². The van der Waals surface area contributed by atoms with Crippen molar-refractivity contribution in [3.05, 3.63) is 48.3 Å². The molecule has 0 spiro atoms. The Kier molecular flexibility index (Phi) is 3.11. The highest BCUT2D eigenvalue weighted by Gasteiger charge is 2.32. The fraction of sp³-hybridized carbons (Fsp3) is 0.412. The molecular formula is C17H19N3O. The Labute approximate surface area is 124 Å². The van der Waals surface area contributed by atoms with Gasteiger partial charge in [-0.1, -0.05) is 36.4 Å². The molecule has 0 radical (unpaired) electrons. The molecule has 0 bridgehead atoms. The number of aliphatic hydroxyl groups excluding tert-OH is 1. The van der Waals surface area contributed by atoms with Crippen molar-refractivity contribution in [3.63, 3.8) is 0 Å². The summed E-state index contributed by atoms with van der Waals surface area (Å²) in [6.07, 6.45) is 9.82. The van der Waals surface area contributed by atoms with Crippen molar-refractivity contribution < 1.29 is 5.11 Å². The standard InChI is InChI=1S/C17H19N3O/c21-16(12-6-2-1-3-7-12)10-15-13-8-4-5-9-14(13)17-19-18-11-20(15)17/h1-2,4-5,8-9,11-12,15-16,21H,3,6-7,10H2. The highest BCUT2D eigenvalue weighted by atomic mass is 16.3. The molecule has 1 N–H and O–H groups in total. The van der Waals surface area contributed by atoms with Crippen LogP contribution in [0.1, 0.15) is 37.3 Å². The van der Waals surface area contributed by atoms with Crippen LogP contribution in [0.4, 0.5) is 0 Å². The van der Waals surface area contributed by atoms with E-state index in [0.717, 1.165) is 37.1 Å². The maximum atomic E-state index is 10.6. The van der Waals surface area contributed by atoms with Crippen LogP contribution in [0.2, 0.25) is 0 Å². The summed E-state index contributed by atoms with van der Waals surface area (Å²) >= 11 is 0. The normalized spacial score (nSPS) is 24.6. The molecule has 4 rings (SSSR count). The quantitative estimate of drug-likeness (QED) is 0.880. The summed E-state index contributed by atoms with van der Waals surface area (Å²) in [5, 5.41) is 18.9. The van der Waals surface area contributed by atoms with E-state index < -0.39 is 0 Å². The number of nitrogens with zero attached hydrogens (tertiary/aromatic N) is 3. The van der Waals surface area contributed by atoms with Gasteiger partial charge in [-0.3, -0.25) is 0 Å². The van der Waals surface area contributed by atoms with E-state index in [2.05, 4.69) is 45.1 Å². The lowest BCUT2D eigenvalue weighted by molar-refractivity contribution is 0.0838. The van der Waals surface area contributed by atoms with Gasteiger partial charge < -0.3 is 9.67 Å². The van der Waals surface area contributed by atoms with Gasteiger partial charge in [0.2, 0.25) is 0 Å². The Bertz CT molecular complexity index is 676. The van der Waals surface area contributed by atoms with Crippen molar-refractivity contribution in [2.45, 2.75) is 37.8 Å². The number of hydrogen-bond donors (Lipinski definition) is 1. The van der Waals surface area contributed by atoms with Gasteiger partial charge in [0.15, 0.2) is 5.82 Å². The maximum Gasteiger partial charge on any atom is 0.164 e. The van der Waals surface area contributed by atoms with Gasteiger partial charge >= 0.3 is 0 Å². The largest absolute Gasteiger partial charge is 0.393 e. The number of aromatic nitrogens is 3. The smallest absolute Gasteiger partial charge is 0.164 e. The van der Waals surface area contributed by atoms with Crippen molar-refractivity contribution >= 4 is 0 Å². The van der Waals surface area contributed by atoms with Crippen molar-refractivity contribution in [1.29, 1.82) is 0 Å².